The topological polar surface area (TPSA) is 54.3 Å². The summed E-state index contributed by atoms with van der Waals surface area (Å²) in [6.07, 6.45) is 3.87. The van der Waals surface area contributed by atoms with Crippen molar-refractivity contribution >= 4 is 5.91 Å². The van der Waals surface area contributed by atoms with Gasteiger partial charge < -0.3 is 15.0 Å². The molecule has 4 nitrogen and oxygen atoms in total. The van der Waals surface area contributed by atoms with Crippen LogP contribution in [0, 0.1) is 0 Å². The fraction of sp³-hybridized carbons (Fsp3) is 0.421. The van der Waals surface area contributed by atoms with Crippen LogP contribution >= 0.6 is 0 Å². The Morgan fingerprint density at radius 3 is 2.57 bits per heavy atom. The van der Waals surface area contributed by atoms with E-state index in [4.69, 9.17) is 0 Å². The minimum absolute atomic E-state index is 0.0610. The van der Waals surface area contributed by atoms with Crippen molar-refractivity contribution in [2.75, 3.05) is 0 Å². The van der Waals surface area contributed by atoms with Gasteiger partial charge in [0.2, 0.25) is 5.91 Å². The van der Waals surface area contributed by atoms with Crippen LogP contribution < -0.4 is 5.32 Å². The number of aromatic nitrogens is 1. The van der Waals surface area contributed by atoms with Gasteiger partial charge >= 0.3 is 0 Å². The molecular formula is C19H26N2O2. The predicted molar refractivity (Wildman–Crippen MR) is 92.0 cm³/mol. The van der Waals surface area contributed by atoms with E-state index >= 15 is 0 Å². The van der Waals surface area contributed by atoms with E-state index in [9.17, 15) is 9.90 Å². The van der Waals surface area contributed by atoms with Gasteiger partial charge in [0.1, 0.15) is 0 Å². The van der Waals surface area contributed by atoms with E-state index in [1.165, 1.54) is 5.69 Å². The molecule has 0 saturated heterocycles. The summed E-state index contributed by atoms with van der Waals surface area (Å²) in [4.78, 5) is 12.2. The van der Waals surface area contributed by atoms with E-state index in [1.807, 2.05) is 56.6 Å². The Morgan fingerprint density at radius 1 is 1.26 bits per heavy atom. The lowest BCUT2D eigenvalue weighted by molar-refractivity contribution is -0.126. The Balaban J connectivity index is 1.83. The molecule has 2 unspecified atom stereocenters. The summed E-state index contributed by atoms with van der Waals surface area (Å²) in [6.45, 7) is 3.68. The second-order valence-corrected chi connectivity index (χ2v) is 6.43. The maximum Gasteiger partial charge on any atom is 0.223 e. The molecule has 0 spiro atoms. The molecule has 1 aromatic heterocycles. The second kappa shape index (κ2) is 7.47. The van der Waals surface area contributed by atoms with Crippen LogP contribution in [0.1, 0.15) is 37.9 Å². The van der Waals surface area contributed by atoms with Crippen molar-refractivity contribution in [1.82, 2.24) is 9.88 Å². The molecular weight excluding hydrogens is 288 g/mol. The Morgan fingerprint density at radius 2 is 1.96 bits per heavy atom. The van der Waals surface area contributed by atoms with Gasteiger partial charge in [-0.25, -0.2) is 0 Å². The largest absolute Gasteiger partial charge is 0.385 e. The molecule has 2 N–H and O–H groups in total. The zero-order valence-corrected chi connectivity index (χ0v) is 14.1. The minimum atomic E-state index is -1.15. The van der Waals surface area contributed by atoms with Crippen molar-refractivity contribution in [2.45, 2.75) is 44.8 Å². The molecule has 0 saturated carbocycles. The molecule has 4 heteroatoms. The van der Waals surface area contributed by atoms with E-state index in [0.717, 1.165) is 18.4 Å². The smallest absolute Gasteiger partial charge is 0.223 e. The lowest BCUT2D eigenvalue weighted by atomic mass is 9.92. The number of aliphatic hydroxyl groups is 1. The van der Waals surface area contributed by atoms with Crippen LogP contribution in [0.15, 0.2) is 48.7 Å². The average Bonchev–Trinajstić information content (AvgIpc) is 2.90. The van der Waals surface area contributed by atoms with E-state index < -0.39 is 5.60 Å². The molecule has 0 fully saturated rings. The standard InChI is InChI=1S/C19H26N2O2/c1-15(11-12-17-10-7-13-21(17)3)20-18(22)14-19(2,23)16-8-5-4-6-9-16/h4-10,13,15,23H,11-12,14H2,1-3H3,(H,20,22). The number of rotatable bonds is 7. The Hall–Kier alpha value is -2.07. The molecule has 0 bridgehead atoms. The maximum absolute atomic E-state index is 12.2. The molecule has 2 rings (SSSR count). The average molecular weight is 314 g/mol. The van der Waals surface area contributed by atoms with Crippen LogP contribution in [0.4, 0.5) is 0 Å². The molecule has 2 atom stereocenters. The predicted octanol–water partition coefficient (Wildman–Crippen LogP) is 2.76. The van der Waals surface area contributed by atoms with Crippen LogP contribution in [-0.2, 0) is 23.9 Å². The van der Waals surface area contributed by atoms with Crippen molar-refractivity contribution < 1.29 is 9.90 Å². The number of hydrogen-bond donors (Lipinski definition) is 2. The Labute approximate surface area is 138 Å². The normalized spacial score (nSPS) is 15.0. The number of amides is 1. The molecule has 2 aromatic rings. The van der Waals surface area contributed by atoms with E-state index in [-0.39, 0.29) is 18.4 Å². The van der Waals surface area contributed by atoms with Crippen LogP contribution in [-0.4, -0.2) is 21.6 Å². The second-order valence-electron chi connectivity index (χ2n) is 6.43. The molecule has 0 radical (unpaired) electrons. The van der Waals surface area contributed by atoms with Gasteiger partial charge in [-0.2, -0.15) is 0 Å². The zero-order valence-electron chi connectivity index (χ0n) is 14.1. The number of nitrogens with one attached hydrogen (secondary N) is 1. The summed E-state index contributed by atoms with van der Waals surface area (Å²) < 4.78 is 2.09. The van der Waals surface area contributed by atoms with Gasteiger partial charge in [-0.3, -0.25) is 4.79 Å². The van der Waals surface area contributed by atoms with Crippen molar-refractivity contribution in [3.8, 4) is 0 Å². The third-order valence-electron chi connectivity index (χ3n) is 4.19. The van der Waals surface area contributed by atoms with Gasteiger partial charge in [0, 0.05) is 25.0 Å². The van der Waals surface area contributed by atoms with Gasteiger partial charge in [0.25, 0.3) is 0 Å². The number of aryl methyl sites for hydroxylation is 2. The van der Waals surface area contributed by atoms with Crippen molar-refractivity contribution in [2.24, 2.45) is 7.05 Å². The zero-order chi connectivity index (χ0) is 16.9. The first-order valence-corrected chi connectivity index (χ1v) is 8.06. The first-order chi connectivity index (χ1) is 10.9. The van der Waals surface area contributed by atoms with Crippen LogP contribution in [0.5, 0.6) is 0 Å². The quantitative estimate of drug-likeness (QED) is 0.825. The molecule has 1 amide bonds. The third kappa shape index (κ3) is 4.96. The summed E-state index contributed by atoms with van der Waals surface area (Å²) >= 11 is 0. The van der Waals surface area contributed by atoms with Crippen molar-refractivity contribution in [1.29, 1.82) is 0 Å². The maximum atomic E-state index is 12.2. The van der Waals surface area contributed by atoms with E-state index in [0.29, 0.717) is 0 Å². The summed E-state index contributed by atoms with van der Waals surface area (Å²) in [5.41, 5.74) is 0.859. The highest BCUT2D eigenvalue weighted by molar-refractivity contribution is 5.77. The van der Waals surface area contributed by atoms with Crippen LogP contribution in [0.2, 0.25) is 0 Å². The highest BCUT2D eigenvalue weighted by Gasteiger charge is 2.26. The summed E-state index contributed by atoms with van der Waals surface area (Å²) in [7, 11) is 2.02. The molecule has 1 heterocycles. The Bertz CT molecular complexity index is 632. The van der Waals surface area contributed by atoms with Crippen molar-refractivity contribution in [3.05, 3.63) is 59.9 Å². The summed E-state index contributed by atoms with van der Waals surface area (Å²) in [6, 6.07) is 13.5. The lowest BCUT2D eigenvalue weighted by Gasteiger charge is -2.24. The van der Waals surface area contributed by atoms with Crippen LogP contribution in [0.3, 0.4) is 0 Å². The monoisotopic (exact) mass is 314 g/mol. The van der Waals surface area contributed by atoms with Gasteiger partial charge in [0.05, 0.1) is 12.0 Å². The lowest BCUT2D eigenvalue weighted by Crippen LogP contribution is -2.37. The van der Waals surface area contributed by atoms with E-state index in [1.54, 1.807) is 6.92 Å². The van der Waals surface area contributed by atoms with Crippen molar-refractivity contribution in [3.63, 3.8) is 0 Å². The molecule has 23 heavy (non-hydrogen) atoms. The molecule has 0 aliphatic heterocycles. The molecule has 1 aromatic carbocycles. The van der Waals surface area contributed by atoms with Gasteiger partial charge in [-0.15, -0.1) is 0 Å². The van der Waals surface area contributed by atoms with Gasteiger partial charge in [0.15, 0.2) is 0 Å². The number of hydrogen-bond acceptors (Lipinski definition) is 2. The van der Waals surface area contributed by atoms with Crippen LogP contribution in [0.25, 0.3) is 0 Å². The first-order valence-electron chi connectivity index (χ1n) is 8.06. The number of carbonyl (C=O) groups excluding carboxylic acids is 1. The SMILES string of the molecule is CC(CCc1cccn1C)NC(=O)CC(C)(O)c1ccccc1. The molecule has 0 aliphatic carbocycles. The fourth-order valence-corrected chi connectivity index (χ4v) is 2.73. The minimum Gasteiger partial charge on any atom is -0.385 e. The van der Waals surface area contributed by atoms with E-state index in [2.05, 4.69) is 16.0 Å². The Kier molecular flexibility index (Phi) is 5.61. The fourth-order valence-electron chi connectivity index (χ4n) is 2.73. The molecule has 0 aliphatic rings. The number of nitrogens with zero attached hydrogens (tertiary/aromatic N) is 1. The van der Waals surface area contributed by atoms with Gasteiger partial charge in [-0.05, 0) is 44.4 Å². The number of carbonyl (C=O) groups is 1. The van der Waals surface area contributed by atoms with Gasteiger partial charge in [-0.1, -0.05) is 30.3 Å². The summed E-state index contributed by atoms with van der Waals surface area (Å²) in [5.74, 6) is -0.127. The number of benzene rings is 1. The molecule has 124 valence electrons. The highest BCUT2D eigenvalue weighted by Crippen LogP contribution is 2.24. The highest BCUT2D eigenvalue weighted by atomic mass is 16.3. The first kappa shape index (κ1) is 17.3. The summed E-state index contributed by atoms with van der Waals surface area (Å²) in [5, 5.41) is 13.5. The third-order valence-corrected chi connectivity index (χ3v) is 4.19.